The summed E-state index contributed by atoms with van der Waals surface area (Å²) in [6.45, 7) is 8.41. The quantitative estimate of drug-likeness (QED) is 0.605. The number of benzene rings is 1. The van der Waals surface area contributed by atoms with E-state index in [1.807, 2.05) is 0 Å². The molecule has 0 aromatic heterocycles. The van der Waals surface area contributed by atoms with E-state index in [-0.39, 0.29) is 0 Å². The van der Waals surface area contributed by atoms with E-state index in [0.29, 0.717) is 11.8 Å². The standard InChI is InChI=1S/C13H18/c1-4-11(3)13(5-2)12-9-7-6-8-10-12/h5-11,13H,2,4H2,1,3H3. The van der Waals surface area contributed by atoms with Crippen LogP contribution in [0.3, 0.4) is 0 Å². The van der Waals surface area contributed by atoms with Crippen LogP contribution >= 0.6 is 0 Å². The molecule has 0 nitrogen and oxygen atoms in total. The van der Waals surface area contributed by atoms with Gasteiger partial charge >= 0.3 is 0 Å². The monoisotopic (exact) mass is 174 g/mol. The molecule has 2 atom stereocenters. The Balaban J connectivity index is 2.84. The van der Waals surface area contributed by atoms with Crippen LogP contribution in [-0.2, 0) is 0 Å². The molecule has 0 fully saturated rings. The first kappa shape index (κ1) is 10.0. The van der Waals surface area contributed by atoms with E-state index in [9.17, 15) is 0 Å². The highest BCUT2D eigenvalue weighted by Crippen LogP contribution is 2.27. The lowest BCUT2D eigenvalue weighted by atomic mass is 9.86. The van der Waals surface area contributed by atoms with Gasteiger partial charge in [-0.3, -0.25) is 0 Å². The molecule has 0 spiro atoms. The van der Waals surface area contributed by atoms with E-state index in [0.717, 1.165) is 0 Å². The zero-order valence-electron chi connectivity index (χ0n) is 8.53. The molecule has 2 unspecified atom stereocenters. The molecule has 0 radical (unpaired) electrons. The van der Waals surface area contributed by atoms with Crippen LogP contribution in [0.5, 0.6) is 0 Å². The predicted octanol–water partition coefficient (Wildman–Crippen LogP) is 4.00. The summed E-state index contributed by atoms with van der Waals surface area (Å²) in [4.78, 5) is 0. The topological polar surface area (TPSA) is 0 Å². The van der Waals surface area contributed by atoms with Crippen LogP contribution in [0.1, 0.15) is 31.7 Å². The molecule has 0 aliphatic heterocycles. The number of rotatable bonds is 4. The summed E-state index contributed by atoms with van der Waals surface area (Å²) in [5.74, 6) is 1.19. The van der Waals surface area contributed by atoms with Crippen LogP contribution in [0.2, 0.25) is 0 Å². The van der Waals surface area contributed by atoms with Crippen LogP contribution in [0.4, 0.5) is 0 Å². The third-order valence-electron chi connectivity index (χ3n) is 2.70. The second-order valence-corrected chi connectivity index (χ2v) is 3.56. The van der Waals surface area contributed by atoms with E-state index >= 15 is 0 Å². The normalized spacial score (nSPS) is 14.9. The van der Waals surface area contributed by atoms with E-state index in [4.69, 9.17) is 0 Å². The largest absolute Gasteiger partial charge is 0.102 e. The molecule has 70 valence electrons. The molecule has 0 aliphatic rings. The fourth-order valence-electron chi connectivity index (χ4n) is 1.63. The molecule has 0 heterocycles. The molecule has 1 aromatic carbocycles. The van der Waals surface area contributed by atoms with Crippen molar-refractivity contribution in [3.05, 3.63) is 48.6 Å². The highest BCUT2D eigenvalue weighted by molar-refractivity contribution is 5.23. The molecule has 0 saturated carbocycles. The van der Waals surface area contributed by atoms with Crippen LogP contribution < -0.4 is 0 Å². The molecule has 0 saturated heterocycles. The van der Waals surface area contributed by atoms with Crippen molar-refractivity contribution in [3.63, 3.8) is 0 Å². The average Bonchev–Trinajstić information content (AvgIpc) is 2.20. The first-order chi connectivity index (χ1) is 6.29. The van der Waals surface area contributed by atoms with Crippen molar-refractivity contribution in [2.45, 2.75) is 26.2 Å². The fraction of sp³-hybridized carbons (Fsp3) is 0.385. The van der Waals surface area contributed by atoms with Gasteiger partial charge in [-0.1, -0.05) is 56.7 Å². The maximum Gasteiger partial charge on any atom is 0.00408 e. The van der Waals surface area contributed by atoms with Gasteiger partial charge in [-0.2, -0.15) is 0 Å². The van der Waals surface area contributed by atoms with Crippen molar-refractivity contribution in [1.29, 1.82) is 0 Å². The minimum atomic E-state index is 0.506. The Labute approximate surface area is 81.3 Å². The lowest BCUT2D eigenvalue weighted by Crippen LogP contribution is -2.05. The van der Waals surface area contributed by atoms with Crippen LogP contribution in [0.25, 0.3) is 0 Å². The molecular formula is C13H18. The fourth-order valence-corrected chi connectivity index (χ4v) is 1.63. The molecule has 0 heteroatoms. The number of hydrogen-bond acceptors (Lipinski definition) is 0. The molecule has 0 amide bonds. The average molecular weight is 174 g/mol. The van der Waals surface area contributed by atoms with Crippen molar-refractivity contribution in [2.75, 3.05) is 0 Å². The lowest BCUT2D eigenvalue weighted by Gasteiger charge is -2.19. The van der Waals surface area contributed by atoms with Crippen molar-refractivity contribution < 1.29 is 0 Å². The summed E-state index contributed by atoms with van der Waals surface area (Å²) in [5.41, 5.74) is 1.38. The Bertz CT molecular complexity index is 248. The van der Waals surface area contributed by atoms with Gasteiger partial charge in [0, 0.05) is 5.92 Å². The minimum Gasteiger partial charge on any atom is -0.102 e. The van der Waals surface area contributed by atoms with E-state index in [1.54, 1.807) is 0 Å². The summed E-state index contributed by atoms with van der Waals surface area (Å²) < 4.78 is 0. The molecule has 1 rings (SSSR count). The SMILES string of the molecule is C=CC(c1ccccc1)C(C)CC. The zero-order chi connectivity index (χ0) is 9.68. The Morgan fingerprint density at radius 2 is 1.92 bits per heavy atom. The first-order valence-electron chi connectivity index (χ1n) is 4.97. The second kappa shape index (κ2) is 4.86. The highest BCUT2D eigenvalue weighted by atomic mass is 14.2. The zero-order valence-corrected chi connectivity index (χ0v) is 8.53. The van der Waals surface area contributed by atoms with Gasteiger partial charge in [-0.25, -0.2) is 0 Å². The van der Waals surface area contributed by atoms with Gasteiger partial charge in [0.1, 0.15) is 0 Å². The maximum absolute atomic E-state index is 3.91. The van der Waals surface area contributed by atoms with Crippen molar-refractivity contribution >= 4 is 0 Å². The van der Waals surface area contributed by atoms with Crippen molar-refractivity contribution in [1.82, 2.24) is 0 Å². The van der Waals surface area contributed by atoms with E-state index < -0.39 is 0 Å². The van der Waals surface area contributed by atoms with Crippen molar-refractivity contribution in [3.8, 4) is 0 Å². The van der Waals surface area contributed by atoms with Gasteiger partial charge in [-0.05, 0) is 11.5 Å². The molecule has 0 aliphatic carbocycles. The first-order valence-corrected chi connectivity index (χ1v) is 4.97. The summed E-state index contributed by atoms with van der Waals surface area (Å²) in [5, 5.41) is 0. The number of allylic oxidation sites excluding steroid dienone is 1. The van der Waals surface area contributed by atoms with Gasteiger partial charge in [0.25, 0.3) is 0 Å². The summed E-state index contributed by atoms with van der Waals surface area (Å²) >= 11 is 0. The summed E-state index contributed by atoms with van der Waals surface area (Å²) in [7, 11) is 0. The van der Waals surface area contributed by atoms with Gasteiger partial charge in [0.15, 0.2) is 0 Å². The van der Waals surface area contributed by atoms with Gasteiger partial charge in [0.05, 0.1) is 0 Å². The van der Waals surface area contributed by atoms with E-state index in [1.165, 1.54) is 12.0 Å². The number of hydrogen-bond donors (Lipinski definition) is 0. The van der Waals surface area contributed by atoms with Gasteiger partial charge < -0.3 is 0 Å². The van der Waals surface area contributed by atoms with Crippen LogP contribution in [0.15, 0.2) is 43.0 Å². The lowest BCUT2D eigenvalue weighted by molar-refractivity contribution is 0.507. The highest BCUT2D eigenvalue weighted by Gasteiger charge is 2.13. The second-order valence-electron chi connectivity index (χ2n) is 3.56. The predicted molar refractivity (Wildman–Crippen MR) is 58.8 cm³/mol. The van der Waals surface area contributed by atoms with Gasteiger partial charge in [-0.15, -0.1) is 6.58 Å². The maximum atomic E-state index is 3.91. The molecule has 0 N–H and O–H groups in total. The van der Waals surface area contributed by atoms with Crippen molar-refractivity contribution in [2.24, 2.45) is 5.92 Å². The Morgan fingerprint density at radius 1 is 1.31 bits per heavy atom. The van der Waals surface area contributed by atoms with E-state index in [2.05, 4.69) is 56.8 Å². The third-order valence-corrected chi connectivity index (χ3v) is 2.70. The molecular weight excluding hydrogens is 156 g/mol. The summed E-state index contributed by atoms with van der Waals surface area (Å²) in [6.07, 6.45) is 3.26. The Morgan fingerprint density at radius 3 is 2.38 bits per heavy atom. The molecule has 0 bridgehead atoms. The smallest absolute Gasteiger partial charge is 0.00408 e. The van der Waals surface area contributed by atoms with Crippen LogP contribution in [0, 0.1) is 5.92 Å². The summed E-state index contributed by atoms with van der Waals surface area (Å²) in [6, 6.07) is 10.6. The molecule has 13 heavy (non-hydrogen) atoms. The van der Waals surface area contributed by atoms with Crippen LogP contribution in [-0.4, -0.2) is 0 Å². The van der Waals surface area contributed by atoms with Gasteiger partial charge in [0.2, 0.25) is 0 Å². The Hall–Kier alpha value is -1.04. The minimum absolute atomic E-state index is 0.506. The third kappa shape index (κ3) is 2.45. The Kier molecular flexibility index (Phi) is 3.75. The molecule has 1 aromatic rings.